The molecule has 4 rings (SSSR count). The summed E-state index contributed by atoms with van der Waals surface area (Å²) < 4.78 is 19.6. The molecule has 0 bridgehead atoms. The molecule has 1 heterocycles. The predicted octanol–water partition coefficient (Wildman–Crippen LogP) is 7.24. The highest BCUT2D eigenvalue weighted by molar-refractivity contribution is 5.78. The van der Waals surface area contributed by atoms with Crippen LogP contribution in [0.5, 0.6) is 5.75 Å². The molecule has 32 heavy (non-hydrogen) atoms. The first-order chi connectivity index (χ1) is 15.5. The Kier molecular flexibility index (Phi) is 7.04. The van der Waals surface area contributed by atoms with Crippen LogP contribution in [0.1, 0.15) is 54.9 Å². The van der Waals surface area contributed by atoms with Crippen LogP contribution in [0.25, 0.3) is 11.1 Å². The van der Waals surface area contributed by atoms with E-state index in [1.54, 1.807) is 13.0 Å². The van der Waals surface area contributed by atoms with Crippen LogP contribution in [0.4, 0.5) is 4.39 Å². The van der Waals surface area contributed by atoms with E-state index in [4.69, 9.17) is 4.74 Å². The van der Waals surface area contributed by atoms with Crippen molar-refractivity contribution in [2.75, 3.05) is 0 Å². The van der Waals surface area contributed by atoms with Crippen LogP contribution in [0.2, 0.25) is 0 Å². The smallest absolute Gasteiger partial charge is 0.314 e. The van der Waals surface area contributed by atoms with Crippen molar-refractivity contribution in [1.82, 2.24) is 0 Å². The van der Waals surface area contributed by atoms with Crippen LogP contribution in [0.3, 0.4) is 0 Å². The summed E-state index contributed by atoms with van der Waals surface area (Å²) in [7, 11) is 0. The second-order valence-electron chi connectivity index (χ2n) is 8.90. The van der Waals surface area contributed by atoms with E-state index in [0.717, 1.165) is 18.4 Å². The van der Waals surface area contributed by atoms with Crippen molar-refractivity contribution in [3.63, 3.8) is 0 Å². The average molecular weight is 431 g/mol. The molecule has 0 saturated carbocycles. The van der Waals surface area contributed by atoms with Crippen molar-refractivity contribution in [2.24, 2.45) is 5.92 Å². The summed E-state index contributed by atoms with van der Waals surface area (Å²) in [5.41, 5.74) is 6.30. The maximum absolute atomic E-state index is 14.2. The molecule has 0 fully saturated rings. The Hall–Kier alpha value is -2.94. The Morgan fingerprint density at radius 3 is 2.12 bits per heavy atom. The van der Waals surface area contributed by atoms with Gasteiger partial charge in [0.1, 0.15) is 0 Å². The van der Waals surface area contributed by atoms with Gasteiger partial charge in [0.2, 0.25) is 0 Å². The molecular weight excluding hydrogens is 399 g/mol. The lowest BCUT2D eigenvalue weighted by Crippen LogP contribution is -2.28. The van der Waals surface area contributed by atoms with E-state index in [9.17, 15) is 9.18 Å². The molecule has 0 saturated heterocycles. The second-order valence-corrected chi connectivity index (χ2v) is 8.90. The van der Waals surface area contributed by atoms with Gasteiger partial charge >= 0.3 is 5.97 Å². The molecule has 166 valence electrons. The van der Waals surface area contributed by atoms with Crippen LogP contribution in [0, 0.1) is 18.7 Å². The van der Waals surface area contributed by atoms with Gasteiger partial charge in [-0.1, -0.05) is 80.4 Å². The summed E-state index contributed by atoms with van der Waals surface area (Å²) in [6.45, 7) is 3.91. The second kappa shape index (κ2) is 10.1. The molecule has 0 spiro atoms. The molecule has 0 aliphatic carbocycles. The summed E-state index contributed by atoms with van der Waals surface area (Å²) in [6, 6.07) is 21.1. The molecule has 0 N–H and O–H groups in total. The molecule has 0 radical (unpaired) electrons. The Morgan fingerprint density at radius 1 is 0.875 bits per heavy atom. The van der Waals surface area contributed by atoms with Crippen LogP contribution in [-0.4, -0.2) is 5.97 Å². The van der Waals surface area contributed by atoms with Gasteiger partial charge < -0.3 is 4.74 Å². The van der Waals surface area contributed by atoms with Crippen LogP contribution in [-0.2, 0) is 24.1 Å². The van der Waals surface area contributed by atoms with E-state index in [0.29, 0.717) is 18.4 Å². The maximum Gasteiger partial charge on any atom is 0.314 e. The Balaban J connectivity index is 1.35. The number of benzene rings is 3. The molecule has 1 atom stereocenters. The van der Waals surface area contributed by atoms with Gasteiger partial charge in [-0.05, 0) is 72.4 Å². The van der Waals surface area contributed by atoms with Crippen molar-refractivity contribution in [3.05, 3.63) is 88.7 Å². The number of unbranched alkanes of at least 4 members (excludes halogenated alkanes) is 2. The number of esters is 1. The van der Waals surface area contributed by atoms with Gasteiger partial charge in [-0.15, -0.1) is 0 Å². The highest BCUT2D eigenvalue weighted by Crippen LogP contribution is 2.34. The molecule has 1 unspecified atom stereocenters. The van der Waals surface area contributed by atoms with E-state index < -0.39 is 5.82 Å². The van der Waals surface area contributed by atoms with E-state index >= 15 is 0 Å². The highest BCUT2D eigenvalue weighted by Gasteiger charge is 2.30. The number of ether oxygens (including phenoxy) is 1. The Morgan fingerprint density at radius 2 is 1.50 bits per heavy atom. The monoisotopic (exact) mass is 430 g/mol. The van der Waals surface area contributed by atoms with Crippen molar-refractivity contribution in [3.8, 4) is 16.9 Å². The molecule has 0 aromatic heterocycles. The third-order valence-corrected chi connectivity index (χ3v) is 6.47. The topological polar surface area (TPSA) is 26.3 Å². The zero-order chi connectivity index (χ0) is 22.5. The Bertz CT molecular complexity index is 1070. The number of rotatable bonds is 8. The number of halogens is 1. The zero-order valence-electron chi connectivity index (χ0n) is 19.0. The van der Waals surface area contributed by atoms with Crippen molar-refractivity contribution in [2.45, 2.75) is 58.8 Å². The average Bonchev–Trinajstić information content (AvgIpc) is 2.82. The summed E-state index contributed by atoms with van der Waals surface area (Å²) in [5, 5.41) is 0. The van der Waals surface area contributed by atoms with E-state index in [-0.39, 0.29) is 17.6 Å². The predicted molar refractivity (Wildman–Crippen MR) is 127 cm³/mol. The van der Waals surface area contributed by atoms with Crippen LogP contribution in [0.15, 0.2) is 60.7 Å². The standard InChI is InChI=1S/C29H31FO2/c1-3-4-5-6-21-8-14-23(15-9-21)24-16-10-22(11-17-24)12-18-26-19-25-13-7-20(2)27(30)28(25)32-29(26)31/h7-11,13-17,26H,3-6,12,18-19H2,1-2H3. The van der Waals surface area contributed by atoms with Gasteiger partial charge in [0.05, 0.1) is 5.92 Å². The summed E-state index contributed by atoms with van der Waals surface area (Å²) in [5.74, 6) is -0.854. The van der Waals surface area contributed by atoms with Crippen LogP contribution >= 0.6 is 0 Å². The number of hydrogen-bond acceptors (Lipinski definition) is 2. The van der Waals surface area contributed by atoms with Gasteiger partial charge in [-0.25, -0.2) is 4.39 Å². The summed E-state index contributed by atoms with van der Waals surface area (Å²) in [6.07, 6.45) is 6.95. The first-order valence-corrected chi connectivity index (χ1v) is 11.7. The minimum Gasteiger partial charge on any atom is -0.423 e. The minimum atomic E-state index is -0.418. The van der Waals surface area contributed by atoms with Crippen LogP contribution < -0.4 is 4.74 Å². The molecule has 3 aromatic carbocycles. The highest BCUT2D eigenvalue weighted by atomic mass is 19.1. The molecule has 3 aromatic rings. The fourth-order valence-corrected chi connectivity index (χ4v) is 4.37. The SMILES string of the molecule is CCCCCc1ccc(-c2ccc(CCC3Cc4ccc(C)c(F)c4OC3=O)cc2)cc1. The number of fused-ring (bicyclic) bond motifs is 1. The molecular formula is C29H31FO2. The van der Waals surface area contributed by atoms with Crippen molar-refractivity contribution < 1.29 is 13.9 Å². The van der Waals surface area contributed by atoms with Gasteiger partial charge in [-0.3, -0.25) is 4.79 Å². The quantitative estimate of drug-likeness (QED) is 0.214. The molecule has 1 aliphatic heterocycles. The van der Waals surface area contributed by atoms with Gasteiger partial charge in [0.15, 0.2) is 11.6 Å². The van der Waals surface area contributed by atoms with E-state index in [2.05, 4.69) is 55.5 Å². The maximum atomic E-state index is 14.2. The molecule has 0 amide bonds. The minimum absolute atomic E-state index is 0.118. The van der Waals surface area contributed by atoms with Gasteiger partial charge in [-0.2, -0.15) is 0 Å². The lowest BCUT2D eigenvalue weighted by Gasteiger charge is -2.24. The van der Waals surface area contributed by atoms with Gasteiger partial charge in [0, 0.05) is 0 Å². The van der Waals surface area contributed by atoms with Crippen molar-refractivity contribution in [1.29, 1.82) is 0 Å². The molecule has 1 aliphatic rings. The fraction of sp³-hybridized carbons (Fsp3) is 0.345. The zero-order valence-corrected chi connectivity index (χ0v) is 19.0. The fourth-order valence-electron chi connectivity index (χ4n) is 4.37. The largest absolute Gasteiger partial charge is 0.423 e. The summed E-state index contributed by atoms with van der Waals surface area (Å²) >= 11 is 0. The lowest BCUT2D eigenvalue weighted by molar-refractivity contribution is -0.140. The lowest BCUT2D eigenvalue weighted by atomic mass is 9.90. The van der Waals surface area contributed by atoms with E-state index in [1.807, 2.05) is 6.07 Å². The number of carbonyl (C=O) groups is 1. The normalized spacial score (nSPS) is 15.3. The number of hydrogen-bond donors (Lipinski definition) is 0. The number of carbonyl (C=O) groups excluding carboxylic acids is 1. The van der Waals surface area contributed by atoms with E-state index in [1.165, 1.54) is 41.5 Å². The van der Waals surface area contributed by atoms with Crippen molar-refractivity contribution >= 4 is 5.97 Å². The third kappa shape index (κ3) is 5.09. The molecule has 3 heteroatoms. The molecule has 2 nitrogen and oxygen atoms in total. The third-order valence-electron chi connectivity index (χ3n) is 6.47. The van der Waals surface area contributed by atoms with Gasteiger partial charge in [0.25, 0.3) is 0 Å². The first kappa shape index (κ1) is 22.3. The summed E-state index contributed by atoms with van der Waals surface area (Å²) in [4.78, 5) is 12.4. The Labute approximate surface area is 190 Å². The number of aryl methyl sites for hydroxylation is 3. The first-order valence-electron chi connectivity index (χ1n) is 11.7.